The highest BCUT2D eigenvalue weighted by molar-refractivity contribution is 7.80. The molecule has 2 aromatic heterocycles. The van der Waals surface area contributed by atoms with Crippen molar-refractivity contribution >= 4 is 52.2 Å². The van der Waals surface area contributed by atoms with E-state index in [-0.39, 0.29) is 11.3 Å². The summed E-state index contributed by atoms with van der Waals surface area (Å²) in [6.45, 7) is 0. The summed E-state index contributed by atoms with van der Waals surface area (Å²) < 4.78 is 6.23. The highest BCUT2D eigenvalue weighted by Gasteiger charge is 2.43. The predicted octanol–water partition coefficient (Wildman–Crippen LogP) is 6.23. The SMILES string of the molecule is O=C(O)c1ccc(Cl)c(-c2ccc([C@@H]3[C@@H](c4ccccn4)NC(=S)N3c3cc(Cl)ccc3O)o2)c1. The van der Waals surface area contributed by atoms with E-state index >= 15 is 0 Å². The Bertz CT molecular complexity index is 1440. The van der Waals surface area contributed by atoms with Crippen molar-refractivity contribution in [2.24, 2.45) is 0 Å². The van der Waals surface area contributed by atoms with Crippen LogP contribution in [0.15, 0.2) is 77.3 Å². The first kappa shape index (κ1) is 23.2. The van der Waals surface area contributed by atoms with Gasteiger partial charge in [0.05, 0.1) is 28.0 Å². The van der Waals surface area contributed by atoms with Crippen LogP contribution in [0.3, 0.4) is 0 Å². The molecule has 5 rings (SSSR count). The van der Waals surface area contributed by atoms with E-state index in [0.717, 1.165) is 0 Å². The number of phenolic OH excluding ortho intramolecular Hbond substituents is 1. The first-order valence-electron chi connectivity index (χ1n) is 10.5. The first-order chi connectivity index (χ1) is 16.8. The summed E-state index contributed by atoms with van der Waals surface area (Å²) in [5.41, 5.74) is 1.65. The molecular weight excluding hydrogens is 509 g/mol. The molecule has 2 aromatic carbocycles. The van der Waals surface area contributed by atoms with E-state index in [9.17, 15) is 15.0 Å². The number of carbonyl (C=O) groups is 1. The minimum Gasteiger partial charge on any atom is -0.506 e. The average Bonchev–Trinajstić information content (AvgIpc) is 3.46. The maximum Gasteiger partial charge on any atom is 0.335 e. The molecule has 1 aliphatic rings. The van der Waals surface area contributed by atoms with Crippen molar-refractivity contribution in [2.75, 3.05) is 4.90 Å². The molecule has 10 heteroatoms. The monoisotopic (exact) mass is 525 g/mol. The standard InChI is InChI=1S/C25H17Cl2N3O4S/c26-14-5-7-19(31)18(12-14)30-23(22(29-25(30)35)17-3-1-2-10-28-17)21-9-8-20(34-21)15-11-13(24(32)33)4-6-16(15)27/h1-12,22-23,31H,(H,29,35)(H,32,33)/t22-,23-/m1/s1. The zero-order valence-electron chi connectivity index (χ0n) is 17.9. The van der Waals surface area contributed by atoms with Gasteiger partial charge in [-0.3, -0.25) is 4.98 Å². The molecule has 3 heterocycles. The van der Waals surface area contributed by atoms with E-state index in [2.05, 4.69) is 10.3 Å². The first-order valence-corrected chi connectivity index (χ1v) is 11.6. The van der Waals surface area contributed by atoms with Crippen molar-refractivity contribution in [3.63, 3.8) is 0 Å². The van der Waals surface area contributed by atoms with Crippen LogP contribution in [0.4, 0.5) is 5.69 Å². The zero-order chi connectivity index (χ0) is 24.7. The lowest BCUT2D eigenvalue weighted by Gasteiger charge is -2.26. The van der Waals surface area contributed by atoms with Gasteiger partial charge in [-0.15, -0.1) is 0 Å². The third kappa shape index (κ3) is 4.32. The number of carboxylic acid groups (broad SMARTS) is 1. The number of phenols is 1. The Kier molecular flexibility index (Phi) is 6.10. The Morgan fingerprint density at radius 1 is 1.09 bits per heavy atom. The molecule has 7 nitrogen and oxygen atoms in total. The number of aromatic hydroxyl groups is 1. The Labute approximate surface area is 215 Å². The van der Waals surface area contributed by atoms with Crippen LogP contribution in [-0.4, -0.2) is 26.3 Å². The summed E-state index contributed by atoms with van der Waals surface area (Å²) in [6.07, 6.45) is 1.68. The van der Waals surface area contributed by atoms with Crippen LogP contribution in [0.2, 0.25) is 10.0 Å². The lowest BCUT2D eigenvalue weighted by molar-refractivity contribution is 0.0697. The van der Waals surface area contributed by atoms with Crippen LogP contribution in [0.1, 0.15) is 33.9 Å². The van der Waals surface area contributed by atoms with Gasteiger partial charge in [0.25, 0.3) is 0 Å². The molecule has 0 radical (unpaired) electrons. The molecule has 3 N–H and O–H groups in total. The number of carboxylic acids is 1. The van der Waals surface area contributed by atoms with Crippen LogP contribution in [0.25, 0.3) is 11.3 Å². The lowest BCUT2D eigenvalue weighted by atomic mass is 10.0. The van der Waals surface area contributed by atoms with Gasteiger partial charge in [-0.05, 0) is 72.9 Å². The number of halogens is 2. The zero-order valence-corrected chi connectivity index (χ0v) is 20.2. The quantitative estimate of drug-likeness (QED) is 0.263. The van der Waals surface area contributed by atoms with E-state index in [1.54, 1.807) is 35.4 Å². The second-order valence-corrected chi connectivity index (χ2v) is 9.06. The third-order valence-corrected chi connectivity index (χ3v) is 6.57. The number of hydrogen-bond acceptors (Lipinski definition) is 5. The molecule has 0 bridgehead atoms. The summed E-state index contributed by atoms with van der Waals surface area (Å²) in [5.74, 6) is -0.188. The molecule has 0 spiro atoms. The highest BCUT2D eigenvalue weighted by Crippen LogP contribution is 2.46. The van der Waals surface area contributed by atoms with Crippen LogP contribution in [0.5, 0.6) is 5.75 Å². The maximum atomic E-state index is 11.5. The average molecular weight is 526 g/mol. The Morgan fingerprint density at radius 3 is 2.66 bits per heavy atom. The number of aromatic carboxylic acids is 1. The van der Waals surface area contributed by atoms with Gasteiger partial charge in [0.15, 0.2) is 5.11 Å². The second-order valence-electron chi connectivity index (χ2n) is 7.83. The van der Waals surface area contributed by atoms with Gasteiger partial charge in [-0.1, -0.05) is 29.3 Å². The normalized spacial score (nSPS) is 17.4. The van der Waals surface area contributed by atoms with Crippen molar-refractivity contribution in [1.82, 2.24) is 10.3 Å². The van der Waals surface area contributed by atoms with E-state index in [1.807, 2.05) is 18.2 Å². The Hall–Kier alpha value is -3.59. The molecule has 0 amide bonds. The van der Waals surface area contributed by atoms with Crippen LogP contribution < -0.4 is 10.2 Å². The van der Waals surface area contributed by atoms with Crippen molar-refractivity contribution < 1.29 is 19.4 Å². The summed E-state index contributed by atoms with van der Waals surface area (Å²) >= 11 is 18.2. The molecular formula is C25H17Cl2N3O4S. The molecule has 0 aliphatic carbocycles. The molecule has 1 fully saturated rings. The maximum absolute atomic E-state index is 11.5. The molecule has 176 valence electrons. The smallest absolute Gasteiger partial charge is 0.335 e. The molecule has 35 heavy (non-hydrogen) atoms. The van der Waals surface area contributed by atoms with Gasteiger partial charge in [0.1, 0.15) is 23.3 Å². The van der Waals surface area contributed by atoms with Gasteiger partial charge in [0.2, 0.25) is 0 Å². The van der Waals surface area contributed by atoms with Crippen LogP contribution in [-0.2, 0) is 0 Å². The number of furan rings is 1. The summed E-state index contributed by atoms with van der Waals surface area (Å²) in [6, 6.07) is 17.2. The highest BCUT2D eigenvalue weighted by atomic mass is 35.5. The van der Waals surface area contributed by atoms with Crippen molar-refractivity contribution in [3.05, 3.63) is 100.0 Å². The fourth-order valence-corrected chi connectivity index (χ4v) is 4.81. The van der Waals surface area contributed by atoms with Gasteiger partial charge in [0, 0.05) is 16.8 Å². The number of hydrogen-bond donors (Lipinski definition) is 3. The molecule has 1 aliphatic heterocycles. The van der Waals surface area contributed by atoms with Gasteiger partial charge in [-0.25, -0.2) is 4.79 Å². The second kappa shape index (κ2) is 9.22. The van der Waals surface area contributed by atoms with Crippen molar-refractivity contribution in [2.45, 2.75) is 12.1 Å². The largest absolute Gasteiger partial charge is 0.506 e. The number of rotatable bonds is 5. The van der Waals surface area contributed by atoms with Crippen LogP contribution >= 0.6 is 35.4 Å². The molecule has 0 unspecified atom stereocenters. The van der Waals surface area contributed by atoms with Crippen molar-refractivity contribution in [3.8, 4) is 17.1 Å². The minimum absolute atomic E-state index is 0.00537. The number of nitrogens with zero attached hydrogens (tertiary/aromatic N) is 2. The number of anilines is 1. The third-order valence-electron chi connectivity index (χ3n) is 5.69. The molecule has 1 saturated heterocycles. The number of aromatic nitrogens is 1. The Morgan fingerprint density at radius 2 is 1.91 bits per heavy atom. The van der Waals surface area contributed by atoms with Crippen LogP contribution in [0, 0.1) is 0 Å². The number of thiocarbonyl (C=S) groups is 1. The topological polar surface area (TPSA) is 98.8 Å². The van der Waals surface area contributed by atoms with Gasteiger partial charge < -0.3 is 24.8 Å². The fraction of sp³-hybridized carbons (Fsp3) is 0.0800. The number of pyridine rings is 1. The molecule has 2 atom stereocenters. The van der Waals surface area contributed by atoms with E-state index in [1.165, 1.54) is 24.3 Å². The fourth-order valence-electron chi connectivity index (χ4n) is 4.10. The number of benzene rings is 2. The summed E-state index contributed by atoms with van der Waals surface area (Å²) in [4.78, 5) is 17.7. The van der Waals surface area contributed by atoms with E-state index < -0.39 is 18.1 Å². The summed E-state index contributed by atoms with van der Waals surface area (Å²) in [5, 5.41) is 24.4. The molecule has 0 saturated carbocycles. The van der Waals surface area contributed by atoms with Crippen molar-refractivity contribution in [1.29, 1.82) is 0 Å². The van der Waals surface area contributed by atoms with E-state index in [0.29, 0.717) is 43.6 Å². The van der Waals surface area contributed by atoms with E-state index in [4.69, 9.17) is 39.8 Å². The number of nitrogens with one attached hydrogen (secondary N) is 1. The Balaban J connectivity index is 1.64. The lowest BCUT2D eigenvalue weighted by Crippen LogP contribution is -2.29. The molecule has 4 aromatic rings. The summed E-state index contributed by atoms with van der Waals surface area (Å²) in [7, 11) is 0. The van der Waals surface area contributed by atoms with Gasteiger partial charge in [-0.2, -0.15) is 0 Å². The van der Waals surface area contributed by atoms with Gasteiger partial charge >= 0.3 is 5.97 Å². The minimum atomic E-state index is -1.07. The predicted molar refractivity (Wildman–Crippen MR) is 137 cm³/mol.